The number of aromatic nitrogens is 2. The van der Waals surface area contributed by atoms with Gasteiger partial charge in [-0.3, -0.25) is 4.68 Å². The van der Waals surface area contributed by atoms with Crippen LogP contribution in [0.4, 0.5) is 0 Å². The van der Waals surface area contributed by atoms with E-state index >= 15 is 0 Å². The fraction of sp³-hybridized carbons (Fsp3) is 0.750. The van der Waals surface area contributed by atoms with Gasteiger partial charge in [0.15, 0.2) is 0 Å². The first kappa shape index (κ1) is 11.6. The maximum absolute atomic E-state index is 5.71. The zero-order valence-electron chi connectivity index (χ0n) is 10.4. The summed E-state index contributed by atoms with van der Waals surface area (Å²) < 4.78 is 7.56. The van der Waals surface area contributed by atoms with Gasteiger partial charge in [0, 0.05) is 32.8 Å². The molecule has 0 bridgehead atoms. The molecule has 4 heteroatoms. The highest BCUT2D eigenvalue weighted by molar-refractivity contribution is 5.08. The van der Waals surface area contributed by atoms with Crippen molar-refractivity contribution in [3.05, 3.63) is 18.0 Å². The lowest BCUT2D eigenvalue weighted by Gasteiger charge is -2.46. The van der Waals surface area contributed by atoms with Crippen LogP contribution in [0.15, 0.2) is 12.3 Å². The molecular weight excluding hydrogens is 202 g/mol. The van der Waals surface area contributed by atoms with E-state index in [4.69, 9.17) is 4.74 Å². The van der Waals surface area contributed by atoms with Gasteiger partial charge in [-0.25, -0.2) is 0 Å². The number of methoxy groups -OCH3 is 1. The lowest BCUT2D eigenvalue weighted by Crippen LogP contribution is -2.56. The fourth-order valence-electron chi connectivity index (χ4n) is 2.55. The van der Waals surface area contributed by atoms with Gasteiger partial charge in [-0.1, -0.05) is 0 Å². The topological polar surface area (TPSA) is 39.1 Å². The van der Waals surface area contributed by atoms with Gasteiger partial charge < -0.3 is 10.1 Å². The first-order chi connectivity index (χ1) is 7.70. The van der Waals surface area contributed by atoms with Crippen LogP contribution in [0.3, 0.4) is 0 Å². The van der Waals surface area contributed by atoms with E-state index in [9.17, 15) is 0 Å². The zero-order chi connectivity index (χ0) is 11.6. The van der Waals surface area contributed by atoms with Crippen LogP contribution < -0.4 is 5.32 Å². The quantitative estimate of drug-likeness (QED) is 0.813. The molecule has 0 aromatic carbocycles. The Kier molecular flexibility index (Phi) is 3.30. The van der Waals surface area contributed by atoms with E-state index in [-0.39, 0.29) is 5.60 Å². The van der Waals surface area contributed by atoms with E-state index in [0.29, 0.717) is 6.04 Å². The molecule has 90 valence electrons. The fourth-order valence-corrected chi connectivity index (χ4v) is 2.55. The van der Waals surface area contributed by atoms with Crippen molar-refractivity contribution in [3.8, 4) is 0 Å². The minimum Gasteiger partial charge on any atom is -0.377 e. The van der Waals surface area contributed by atoms with Crippen LogP contribution in [0.25, 0.3) is 0 Å². The molecule has 1 N–H and O–H groups in total. The molecule has 0 saturated heterocycles. The summed E-state index contributed by atoms with van der Waals surface area (Å²) in [5.74, 6) is 0. The first-order valence-corrected chi connectivity index (χ1v) is 5.91. The summed E-state index contributed by atoms with van der Waals surface area (Å²) in [7, 11) is 5.78. The largest absolute Gasteiger partial charge is 0.377 e. The minimum absolute atomic E-state index is 0.0340. The second-order valence-corrected chi connectivity index (χ2v) is 4.65. The molecule has 1 saturated carbocycles. The van der Waals surface area contributed by atoms with Crippen LogP contribution >= 0.6 is 0 Å². The van der Waals surface area contributed by atoms with Crippen LogP contribution in [0.1, 0.15) is 25.0 Å². The molecule has 4 nitrogen and oxygen atoms in total. The molecule has 1 heterocycles. The Bertz CT molecular complexity index is 338. The summed E-state index contributed by atoms with van der Waals surface area (Å²) in [6, 6.07) is 2.44. The molecule has 1 aliphatic rings. The average molecular weight is 223 g/mol. The molecule has 2 rings (SSSR count). The molecule has 1 aliphatic carbocycles. The Morgan fingerprint density at radius 1 is 1.62 bits per heavy atom. The second-order valence-electron chi connectivity index (χ2n) is 4.65. The van der Waals surface area contributed by atoms with Crippen LogP contribution in [0, 0.1) is 0 Å². The molecule has 1 fully saturated rings. The van der Waals surface area contributed by atoms with Crippen molar-refractivity contribution in [3.63, 3.8) is 0 Å². The van der Waals surface area contributed by atoms with Crippen molar-refractivity contribution < 1.29 is 4.74 Å². The van der Waals surface area contributed by atoms with Gasteiger partial charge in [-0.05, 0) is 32.4 Å². The molecule has 0 radical (unpaired) electrons. The Morgan fingerprint density at radius 2 is 2.38 bits per heavy atom. The monoisotopic (exact) mass is 223 g/mol. The van der Waals surface area contributed by atoms with Gasteiger partial charge in [0.2, 0.25) is 0 Å². The SMILES string of the molecule is CNC(Cc1ccn(C)n1)C1(OC)CCC1. The minimum atomic E-state index is 0.0340. The summed E-state index contributed by atoms with van der Waals surface area (Å²) in [4.78, 5) is 0. The third kappa shape index (κ3) is 1.99. The summed E-state index contributed by atoms with van der Waals surface area (Å²) in [5, 5.41) is 7.80. The van der Waals surface area contributed by atoms with Crippen LogP contribution in [0.2, 0.25) is 0 Å². The van der Waals surface area contributed by atoms with Gasteiger partial charge in [0.1, 0.15) is 0 Å². The third-order valence-corrected chi connectivity index (χ3v) is 3.77. The van der Waals surface area contributed by atoms with Gasteiger partial charge in [0.05, 0.1) is 11.3 Å². The maximum atomic E-state index is 5.71. The molecule has 1 aromatic heterocycles. The highest BCUT2D eigenvalue weighted by atomic mass is 16.5. The summed E-state index contributed by atoms with van der Waals surface area (Å²) in [6.45, 7) is 0. The molecule has 16 heavy (non-hydrogen) atoms. The van der Waals surface area contributed by atoms with Gasteiger partial charge >= 0.3 is 0 Å². The van der Waals surface area contributed by atoms with Crippen LogP contribution in [-0.2, 0) is 18.2 Å². The number of hydrogen-bond donors (Lipinski definition) is 1. The van der Waals surface area contributed by atoms with E-state index in [1.165, 1.54) is 6.42 Å². The molecule has 0 aliphatic heterocycles. The Morgan fingerprint density at radius 3 is 2.75 bits per heavy atom. The Balaban J connectivity index is 2.05. The standard InChI is InChI=1S/C12H21N3O/c1-13-11(12(16-3)6-4-7-12)9-10-5-8-15(2)14-10/h5,8,11,13H,4,6-7,9H2,1-3H3. The van der Waals surface area contributed by atoms with E-state index in [0.717, 1.165) is 25.0 Å². The van der Waals surface area contributed by atoms with Crippen molar-refractivity contribution in [1.29, 1.82) is 0 Å². The first-order valence-electron chi connectivity index (χ1n) is 5.91. The smallest absolute Gasteiger partial charge is 0.0834 e. The summed E-state index contributed by atoms with van der Waals surface area (Å²) >= 11 is 0. The molecule has 1 atom stereocenters. The van der Waals surface area contributed by atoms with E-state index in [1.807, 2.05) is 32.1 Å². The van der Waals surface area contributed by atoms with Crippen molar-refractivity contribution in [1.82, 2.24) is 15.1 Å². The number of hydrogen-bond acceptors (Lipinski definition) is 3. The van der Waals surface area contributed by atoms with Crippen molar-refractivity contribution in [2.75, 3.05) is 14.2 Å². The number of aryl methyl sites for hydroxylation is 1. The number of nitrogens with zero attached hydrogens (tertiary/aromatic N) is 2. The Labute approximate surface area is 97.0 Å². The van der Waals surface area contributed by atoms with Crippen LogP contribution in [-0.4, -0.2) is 35.6 Å². The van der Waals surface area contributed by atoms with Crippen molar-refractivity contribution in [2.45, 2.75) is 37.3 Å². The molecule has 1 aromatic rings. The lowest BCUT2D eigenvalue weighted by molar-refractivity contribution is -0.0968. The van der Waals surface area contributed by atoms with Crippen LogP contribution in [0.5, 0.6) is 0 Å². The average Bonchev–Trinajstić information content (AvgIpc) is 2.61. The van der Waals surface area contributed by atoms with Gasteiger partial charge in [-0.2, -0.15) is 5.10 Å². The van der Waals surface area contributed by atoms with E-state index in [2.05, 4.69) is 16.5 Å². The number of nitrogens with one attached hydrogen (secondary N) is 1. The second kappa shape index (κ2) is 4.55. The Hall–Kier alpha value is -0.870. The molecule has 1 unspecified atom stereocenters. The predicted molar refractivity (Wildman–Crippen MR) is 63.4 cm³/mol. The summed E-state index contributed by atoms with van der Waals surface area (Å²) in [6.07, 6.45) is 6.51. The summed E-state index contributed by atoms with van der Waals surface area (Å²) in [5.41, 5.74) is 1.16. The van der Waals surface area contributed by atoms with E-state index < -0.39 is 0 Å². The molecular formula is C12H21N3O. The van der Waals surface area contributed by atoms with Gasteiger partial charge in [-0.15, -0.1) is 0 Å². The normalized spacial score (nSPS) is 20.4. The van der Waals surface area contributed by atoms with Crippen molar-refractivity contribution >= 4 is 0 Å². The highest BCUT2D eigenvalue weighted by Crippen LogP contribution is 2.38. The maximum Gasteiger partial charge on any atom is 0.0834 e. The lowest BCUT2D eigenvalue weighted by atomic mass is 9.73. The molecule has 0 amide bonds. The predicted octanol–water partition coefficient (Wildman–Crippen LogP) is 1.12. The van der Waals surface area contributed by atoms with Crippen molar-refractivity contribution in [2.24, 2.45) is 7.05 Å². The van der Waals surface area contributed by atoms with Gasteiger partial charge in [0.25, 0.3) is 0 Å². The highest BCUT2D eigenvalue weighted by Gasteiger charge is 2.43. The number of ether oxygens (including phenoxy) is 1. The number of likely N-dealkylation sites (N-methyl/N-ethyl adjacent to an activating group) is 1. The third-order valence-electron chi connectivity index (χ3n) is 3.77. The number of rotatable bonds is 5. The molecule has 0 spiro atoms. The zero-order valence-corrected chi connectivity index (χ0v) is 10.4. The van der Waals surface area contributed by atoms with E-state index in [1.54, 1.807) is 0 Å².